The zero-order valence-electron chi connectivity index (χ0n) is 18.5. The van der Waals surface area contributed by atoms with Crippen molar-refractivity contribution < 1.29 is 34.7 Å². The van der Waals surface area contributed by atoms with Crippen LogP contribution in [0.5, 0.6) is 5.75 Å². The van der Waals surface area contributed by atoms with Gasteiger partial charge in [-0.1, -0.05) is 23.7 Å². The van der Waals surface area contributed by atoms with Crippen LogP contribution in [0.3, 0.4) is 0 Å². The van der Waals surface area contributed by atoms with Gasteiger partial charge in [0.15, 0.2) is 5.78 Å². The van der Waals surface area contributed by atoms with E-state index in [1.807, 2.05) is 30.3 Å². The first-order chi connectivity index (χ1) is 15.5. The van der Waals surface area contributed by atoms with E-state index in [0.29, 0.717) is 0 Å². The molecule has 3 aromatic carbocycles. The van der Waals surface area contributed by atoms with E-state index in [-0.39, 0.29) is 31.6 Å². The van der Waals surface area contributed by atoms with E-state index in [0.717, 1.165) is 33.5 Å². The third kappa shape index (κ3) is 5.14. The normalized spacial score (nSPS) is 11.1. The number of aliphatic hydroxyl groups is 1. The van der Waals surface area contributed by atoms with Crippen LogP contribution in [0.2, 0.25) is 0 Å². The largest absolute Gasteiger partial charge is 0.512 e. The smallest absolute Gasteiger partial charge is 0.155 e. The Kier molecular flexibility index (Phi) is 7.64. The maximum Gasteiger partial charge on any atom is 0.155 e. The number of carbonyl (C=O) groups excluding carboxylic acids is 1. The standard InChI is InChI=1S/C22H15N2O.C5H8O2.Ir/c1-25-16-11-12-19-15(14-16)10-13-22(23-19)24-20-8-4-2-6-17(20)18-7-3-5-9-21(18)24;1-4(6)3-5(2)7;/h2-8,10-14H,1H3;3,6H,1-2H3;/q-1;;/b;4-3-;. The second-order valence-corrected chi connectivity index (χ2v) is 7.41. The van der Waals surface area contributed by atoms with E-state index in [4.69, 9.17) is 14.8 Å². The number of aliphatic hydroxyl groups excluding tert-OH is 1. The molecule has 0 spiro atoms. The summed E-state index contributed by atoms with van der Waals surface area (Å²) in [4.78, 5) is 14.9. The van der Waals surface area contributed by atoms with Crippen LogP contribution in [-0.2, 0) is 24.9 Å². The van der Waals surface area contributed by atoms with E-state index in [1.54, 1.807) is 7.11 Å². The number of benzene rings is 3. The van der Waals surface area contributed by atoms with Gasteiger partial charge in [0.1, 0.15) is 11.6 Å². The van der Waals surface area contributed by atoms with Gasteiger partial charge in [-0.2, -0.15) is 24.3 Å². The number of ether oxygens (including phenoxy) is 1. The average molecular weight is 616 g/mol. The van der Waals surface area contributed by atoms with Crippen molar-refractivity contribution in [3.05, 3.63) is 90.7 Å². The molecule has 6 heteroatoms. The Morgan fingerprint density at radius 3 is 2.48 bits per heavy atom. The number of fused-ring (bicyclic) bond motifs is 4. The van der Waals surface area contributed by atoms with Crippen LogP contribution in [0.1, 0.15) is 13.8 Å². The predicted molar refractivity (Wildman–Crippen MR) is 129 cm³/mol. The quantitative estimate of drug-likeness (QED) is 0.150. The van der Waals surface area contributed by atoms with Crippen LogP contribution < -0.4 is 4.74 Å². The molecule has 33 heavy (non-hydrogen) atoms. The summed E-state index contributed by atoms with van der Waals surface area (Å²) >= 11 is 0. The first kappa shape index (κ1) is 24.2. The number of rotatable bonds is 3. The van der Waals surface area contributed by atoms with Crippen molar-refractivity contribution in [2.75, 3.05) is 7.11 Å². The molecule has 0 amide bonds. The van der Waals surface area contributed by atoms with Gasteiger partial charge in [0.25, 0.3) is 0 Å². The molecule has 2 aromatic heterocycles. The third-order valence-electron chi connectivity index (χ3n) is 5.02. The van der Waals surface area contributed by atoms with Gasteiger partial charge in [0.2, 0.25) is 0 Å². The molecule has 0 unspecified atom stereocenters. The minimum atomic E-state index is -0.125. The van der Waals surface area contributed by atoms with Crippen molar-refractivity contribution in [1.82, 2.24) is 9.55 Å². The zero-order chi connectivity index (χ0) is 22.7. The monoisotopic (exact) mass is 616 g/mol. The number of aromatic nitrogens is 2. The Morgan fingerprint density at radius 1 is 1.03 bits per heavy atom. The van der Waals surface area contributed by atoms with Gasteiger partial charge in [-0.15, -0.1) is 5.39 Å². The fourth-order valence-corrected chi connectivity index (χ4v) is 3.72. The molecular formula is C27H23IrN2O3-. The number of methoxy groups -OCH3 is 1. The van der Waals surface area contributed by atoms with E-state index >= 15 is 0 Å². The Bertz CT molecular complexity index is 1410. The van der Waals surface area contributed by atoms with Crippen molar-refractivity contribution in [2.24, 2.45) is 0 Å². The maximum absolute atomic E-state index is 10.0. The predicted octanol–water partition coefficient (Wildman–Crippen LogP) is 6.18. The SMILES string of the molecule is CC(=O)/C=C(/C)O.COc1ccc2nc(-n3c4[c-]cccc4c4ccccc43)ccc2c1.[Ir]. The van der Waals surface area contributed by atoms with Crippen LogP contribution in [-0.4, -0.2) is 27.6 Å². The van der Waals surface area contributed by atoms with Crippen molar-refractivity contribution >= 4 is 38.5 Å². The summed E-state index contributed by atoms with van der Waals surface area (Å²) in [5.74, 6) is 1.67. The molecule has 1 radical (unpaired) electrons. The number of hydrogen-bond acceptors (Lipinski definition) is 4. The number of allylic oxidation sites excluding steroid dienone is 2. The first-order valence-corrected chi connectivity index (χ1v) is 10.2. The number of carbonyl (C=O) groups is 1. The molecule has 5 nitrogen and oxygen atoms in total. The molecule has 0 atom stereocenters. The summed E-state index contributed by atoms with van der Waals surface area (Å²) in [6.07, 6.45) is 1.17. The van der Waals surface area contributed by atoms with Crippen LogP contribution in [0.25, 0.3) is 38.5 Å². The van der Waals surface area contributed by atoms with Gasteiger partial charge < -0.3 is 14.4 Å². The molecule has 0 saturated heterocycles. The molecule has 0 bridgehead atoms. The molecule has 5 rings (SSSR count). The second-order valence-electron chi connectivity index (χ2n) is 7.41. The van der Waals surface area contributed by atoms with Crippen LogP contribution in [0.15, 0.2) is 84.6 Å². The first-order valence-electron chi connectivity index (χ1n) is 10.2. The summed E-state index contributed by atoms with van der Waals surface area (Å²) in [6, 6.07) is 28.0. The summed E-state index contributed by atoms with van der Waals surface area (Å²) in [6.45, 7) is 2.85. The van der Waals surface area contributed by atoms with Crippen molar-refractivity contribution in [3.8, 4) is 11.6 Å². The Morgan fingerprint density at radius 2 is 1.79 bits per heavy atom. The summed E-state index contributed by atoms with van der Waals surface area (Å²) in [5.41, 5.74) is 3.13. The molecule has 0 aliphatic rings. The fraction of sp³-hybridized carbons (Fsp3) is 0.111. The van der Waals surface area contributed by atoms with Gasteiger partial charge in [-0.3, -0.25) is 4.79 Å². The Balaban J connectivity index is 0.000000337. The Hall–Kier alpha value is -3.47. The fourth-order valence-electron chi connectivity index (χ4n) is 3.72. The van der Waals surface area contributed by atoms with Gasteiger partial charge in [0, 0.05) is 37.1 Å². The van der Waals surface area contributed by atoms with Crippen molar-refractivity contribution in [3.63, 3.8) is 0 Å². The van der Waals surface area contributed by atoms with E-state index in [9.17, 15) is 4.79 Å². The van der Waals surface area contributed by atoms with Crippen molar-refractivity contribution in [1.29, 1.82) is 0 Å². The molecule has 0 fully saturated rings. The van der Waals surface area contributed by atoms with Crippen molar-refractivity contribution in [2.45, 2.75) is 13.8 Å². The molecule has 0 aliphatic heterocycles. The van der Waals surface area contributed by atoms with Crippen LogP contribution >= 0.6 is 0 Å². The molecule has 1 N–H and O–H groups in total. The topological polar surface area (TPSA) is 64.3 Å². The number of ketones is 1. The molecule has 5 aromatic rings. The van der Waals surface area contributed by atoms with E-state index < -0.39 is 0 Å². The summed E-state index contributed by atoms with van der Waals surface area (Å²) in [5, 5.41) is 11.8. The zero-order valence-corrected chi connectivity index (χ0v) is 20.9. The van der Waals surface area contributed by atoms with Gasteiger partial charge in [-0.05, 0) is 55.6 Å². The maximum atomic E-state index is 10.0. The Labute approximate surface area is 205 Å². The van der Waals surface area contributed by atoms with Crippen LogP contribution in [0, 0.1) is 6.07 Å². The minimum Gasteiger partial charge on any atom is -0.512 e. The number of nitrogens with zero attached hydrogens (tertiary/aromatic N) is 2. The minimum absolute atomic E-state index is 0. The van der Waals surface area contributed by atoms with Gasteiger partial charge in [-0.25, -0.2) is 4.98 Å². The molecule has 0 aliphatic carbocycles. The molecule has 0 saturated carbocycles. The summed E-state index contributed by atoms with van der Waals surface area (Å²) < 4.78 is 7.48. The second kappa shape index (κ2) is 10.4. The van der Waals surface area contributed by atoms with Crippen LogP contribution in [0.4, 0.5) is 0 Å². The molecular weight excluding hydrogens is 593 g/mol. The molecule has 169 valence electrons. The number of para-hydroxylation sites is 2. The average Bonchev–Trinajstić information content (AvgIpc) is 3.12. The summed E-state index contributed by atoms with van der Waals surface area (Å²) in [7, 11) is 1.68. The van der Waals surface area contributed by atoms with Gasteiger partial charge >= 0.3 is 0 Å². The van der Waals surface area contributed by atoms with E-state index in [2.05, 4.69) is 53.1 Å². The van der Waals surface area contributed by atoms with E-state index in [1.165, 1.54) is 30.7 Å². The number of hydrogen-bond donors (Lipinski definition) is 1. The number of pyridine rings is 1. The third-order valence-corrected chi connectivity index (χ3v) is 5.02. The van der Waals surface area contributed by atoms with Gasteiger partial charge in [0.05, 0.1) is 18.4 Å². The molecule has 2 heterocycles.